The first kappa shape index (κ1) is 20.5. The van der Waals surface area contributed by atoms with Gasteiger partial charge in [-0.3, -0.25) is 9.59 Å². The maximum absolute atomic E-state index is 12.8. The zero-order valence-electron chi connectivity index (χ0n) is 17.1. The van der Waals surface area contributed by atoms with Crippen LogP contribution in [-0.2, 0) is 4.79 Å². The van der Waals surface area contributed by atoms with Crippen molar-refractivity contribution in [3.8, 4) is 0 Å². The van der Waals surface area contributed by atoms with Crippen molar-refractivity contribution in [3.63, 3.8) is 0 Å². The van der Waals surface area contributed by atoms with Crippen LogP contribution in [0, 0.1) is 12.8 Å². The lowest BCUT2D eigenvalue weighted by atomic mass is 9.99. The standard InChI is InChI=1S/C23H22N2O6/c1-12-7-16(13(2)24-18-6-4-3-5-15(18)23(29)30)21-17(8-12)19(26)9-20(31-21)25-10-14(11-25)22(27)28/h3-9,13-14,24H,10-11H2,1-2H3,(H,27,28)(H,29,30). The van der Waals surface area contributed by atoms with Gasteiger partial charge >= 0.3 is 11.9 Å². The van der Waals surface area contributed by atoms with Gasteiger partial charge in [-0.1, -0.05) is 18.2 Å². The van der Waals surface area contributed by atoms with Crippen LogP contribution in [0.2, 0.25) is 0 Å². The molecule has 2 aromatic carbocycles. The van der Waals surface area contributed by atoms with Crippen LogP contribution in [0.3, 0.4) is 0 Å². The molecule has 1 atom stereocenters. The molecule has 0 aliphatic carbocycles. The Balaban J connectivity index is 1.74. The molecule has 1 aromatic heterocycles. The highest BCUT2D eigenvalue weighted by Gasteiger charge is 2.34. The monoisotopic (exact) mass is 422 g/mol. The van der Waals surface area contributed by atoms with E-state index in [9.17, 15) is 19.5 Å². The number of carboxylic acids is 2. The van der Waals surface area contributed by atoms with Gasteiger partial charge in [0, 0.05) is 30.4 Å². The summed E-state index contributed by atoms with van der Waals surface area (Å²) < 4.78 is 6.07. The number of nitrogens with one attached hydrogen (secondary N) is 1. The maximum atomic E-state index is 12.8. The molecule has 0 bridgehead atoms. The molecule has 160 valence electrons. The second-order valence-electron chi connectivity index (χ2n) is 7.84. The number of aryl methyl sites for hydroxylation is 1. The van der Waals surface area contributed by atoms with Gasteiger partial charge in [0.1, 0.15) is 5.58 Å². The first-order valence-corrected chi connectivity index (χ1v) is 9.89. The number of nitrogens with zero attached hydrogens (tertiary/aromatic N) is 1. The fourth-order valence-corrected chi connectivity index (χ4v) is 3.82. The van der Waals surface area contributed by atoms with Crippen molar-refractivity contribution < 1.29 is 24.2 Å². The Bertz CT molecular complexity index is 1240. The van der Waals surface area contributed by atoms with Crippen LogP contribution in [0.25, 0.3) is 11.0 Å². The number of hydrogen-bond acceptors (Lipinski definition) is 6. The molecule has 0 spiro atoms. The normalized spacial score (nSPS) is 14.8. The highest BCUT2D eigenvalue weighted by Crippen LogP contribution is 2.32. The molecule has 3 aromatic rings. The van der Waals surface area contributed by atoms with E-state index < -0.39 is 17.9 Å². The van der Waals surface area contributed by atoms with Crippen LogP contribution in [0.4, 0.5) is 11.6 Å². The van der Waals surface area contributed by atoms with Crippen LogP contribution in [-0.4, -0.2) is 35.2 Å². The molecule has 3 N–H and O–H groups in total. The summed E-state index contributed by atoms with van der Waals surface area (Å²) in [5.41, 5.74) is 2.39. The predicted octanol–water partition coefficient (Wildman–Crippen LogP) is 3.49. The van der Waals surface area contributed by atoms with Gasteiger partial charge in [0.2, 0.25) is 0 Å². The minimum atomic E-state index is -1.04. The summed E-state index contributed by atoms with van der Waals surface area (Å²) in [6, 6.07) is 11.3. The molecule has 1 fully saturated rings. The molecule has 0 saturated carbocycles. The third-order valence-electron chi connectivity index (χ3n) is 5.53. The van der Waals surface area contributed by atoms with Gasteiger partial charge in [-0.15, -0.1) is 0 Å². The summed E-state index contributed by atoms with van der Waals surface area (Å²) in [6.07, 6.45) is 0. The molecule has 1 aliphatic rings. The Kier molecular flexibility index (Phi) is 5.14. The van der Waals surface area contributed by atoms with Crippen LogP contribution in [0.1, 0.15) is 34.5 Å². The number of carbonyl (C=O) groups is 2. The average molecular weight is 422 g/mol. The molecule has 1 saturated heterocycles. The molecular formula is C23H22N2O6. The van der Waals surface area contributed by atoms with Crippen molar-refractivity contribution in [1.82, 2.24) is 0 Å². The number of anilines is 2. The molecule has 4 rings (SSSR count). The first-order chi connectivity index (χ1) is 14.7. The summed E-state index contributed by atoms with van der Waals surface area (Å²) in [5.74, 6) is -2.06. The number of aromatic carboxylic acids is 1. The van der Waals surface area contributed by atoms with Gasteiger partial charge in [-0.2, -0.15) is 0 Å². The summed E-state index contributed by atoms with van der Waals surface area (Å²) in [6.45, 7) is 4.31. The van der Waals surface area contributed by atoms with E-state index in [0.717, 1.165) is 5.56 Å². The second kappa shape index (κ2) is 7.79. The Hall–Kier alpha value is -3.81. The Morgan fingerprint density at radius 1 is 1.16 bits per heavy atom. The molecule has 1 aliphatic heterocycles. The van der Waals surface area contributed by atoms with Crippen LogP contribution >= 0.6 is 0 Å². The summed E-state index contributed by atoms with van der Waals surface area (Å²) in [4.78, 5) is 37.1. The molecule has 8 nitrogen and oxygen atoms in total. The van der Waals surface area contributed by atoms with Gasteiger partial charge < -0.3 is 24.8 Å². The predicted molar refractivity (Wildman–Crippen MR) is 116 cm³/mol. The van der Waals surface area contributed by atoms with Crippen molar-refractivity contribution >= 4 is 34.5 Å². The number of benzene rings is 2. The smallest absolute Gasteiger partial charge is 0.337 e. The second-order valence-corrected chi connectivity index (χ2v) is 7.84. The Morgan fingerprint density at radius 3 is 2.55 bits per heavy atom. The quantitative estimate of drug-likeness (QED) is 0.552. The van der Waals surface area contributed by atoms with E-state index in [4.69, 9.17) is 9.52 Å². The highest BCUT2D eigenvalue weighted by atomic mass is 16.4. The molecule has 0 radical (unpaired) electrons. The zero-order valence-corrected chi connectivity index (χ0v) is 17.1. The third kappa shape index (κ3) is 3.84. The van der Waals surface area contributed by atoms with Crippen molar-refractivity contribution in [2.24, 2.45) is 5.92 Å². The Labute approximate surface area is 177 Å². The van der Waals surface area contributed by atoms with E-state index in [-0.39, 0.29) is 30.1 Å². The Morgan fingerprint density at radius 2 is 1.87 bits per heavy atom. The van der Waals surface area contributed by atoms with Gasteiger partial charge in [0.05, 0.1) is 22.9 Å². The van der Waals surface area contributed by atoms with Gasteiger partial charge in [0.15, 0.2) is 11.3 Å². The number of aliphatic carboxylic acids is 1. The van der Waals surface area contributed by atoms with Crippen molar-refractivity contribution in [3.05, 3.63) is 69.4 Å². The summed E-state index contributed by atoms with van der Waals surface area (Å²) in [5, 5.41) is 22.2. The van der Waals surface area contributed by atoms with Gasteiger partial charge in [0.25, 0.3) is 0 Å². The number of fused-ring (bicyclic) bond motifs is 1. The summed E-state index contributed by atoms with van der Waals surface area (Å²) >= 11 is 0. The van der Waals surface area contributed by atoms with E-state index in [1.165, 1.54) is 12.1 Å². The molecule has 8 heteroatoms. The fraction of sp³-hybridized carbons (Fsp3) is 0.261. The van der Waals surface area contributed by atoms with Gasteiger partial charge in [-0.05, 0) is 37.6 Å². The first-order valence-electron chi connectivity index (χ1n) is 9.89. The van der Waals surface area contributed by atoms with E-state index in [1.807, 2.05) is 19.9 Å². The zero-order chi connectivity index (χ0) is 22.3. The molecule has 1 unspecified atom stereocenters. The minimum absolute atomic E-state index is 0.147. The van der Waals surface area contributed by atoms with Crippen LogP contribution in [0.15, 0.2) is 51.7 Å². The van der Waals surface area contributed by atoms with Crippen molar-refractivity contribution in [2.75, 3.05) is 23.3 Å². The van der Waals surface area contributed by atoms with E-state index in [0.29, 0.717) is 28.1 Å². The topological polar surface area (TPSA) is 120 Å². The third-order valence-corrected chi connectivity index (χ3v) is 5.53. The van der Waals surface area contributed by atoms with Gasteiger partial charge in [-0.25, -0.2) is 4.79 Å². The highest BCUT2D eigenvalue weighted by molar-refractivity contribution is 5.94. The van der Waals surface area contributed by atoms with Crippen molar-refractivity contribution in [1.29, 1.82) is 0 Å². The fourth-order valence-electron chi connectivity index (χ4n) is 3.82. The maximum Gasteiger partial charge on any atom is 0.337 e. The molecular weight excluding hydrogens is 400 g/mol. The SMILES string of the molecule is Cc1cc(C(C)Nc2ccccc2C(=O)O)c2oc(N3CC(C(=O)O)C3)cc(=O)c2c1. The number of rotatable bonds is 6. The molecule has 0 amide bonds. The van der Waals surface area contributed by atoms with E-state index >= 15 is 0 Å². The largest absolute Gasteiger partial charge is 0.481 e. The molecule has 31 heavy (non-hydrogen) atoms. The number of hydrogen-bond donors (Lipinski definition) is 3. The lowest BCUT2D eigenvalue weighted by Crippen LogP contribution is -2.50. The molecule has 2 heterocycles. The minimum Gasteiger partial charge on any atom is -0.481 e. The average Bonchev–Trinajstić information content (AvgIpc) is 2.67. The van der Waals surface area contributed by atoms with E-state index in [1.54, 1.807) is 29.2 Å². The lowest BCUT2D eigenvalue weighted by molar-refractivity contribution is -0.142. The van der Waals surface area contributed by atoms with Crippen molar-refractivity contribution in [2.45, 2.75) is 19.9 Å². The number of para-hydroxylation sites is 1. The van der Waals surface area contributed by atoms with E-state index in [2.05, 4.69) is 5.32 Å². The lowest BCUT2D eigenvalue weighted by Gasteiger charge is -2.37. The summed E-state index contributed by atoms with van der Waals surface area (Å²) in [7, 11) is 0. The van der Waals surface area contributed by atoms with Crippen LogP contribution in [0.5, 0.6) is 0 Å². The van der Waals surface area contributed by atoms with Crippen LogP contribution < -0.4 is 15.6 Å². The number of carboxylic acid groups (broad SMARTS) is 2.